The van der Waals surface area contributed by atoms with Gasteiger partial charge in [0.1, 0.15) is 0 Å². The van der Waals surface area contributed by atoms with Crippen LogP contribution >= 0.6 is 0 Å². The lowest BCUT2D eigenvalue weighted by Gasteiger charge is -2.05. The van der Waals surface area contributed by atoms with Crippen molar-refractivity contribution in [1.82, 2.24) is 0 Å². The van der Waals surface area contributed by atoms with Crippen LogP contribution in [0.2, 0.25) is 0 Å². The van der Waals surface area contributed by atoms with Crippen molar-refractivity contribution in [3.63, 3.8) is 0 Å². The summed E-state index contributed by atoms with van der Waals surface area (Å²) in [6.45, 7) is 10.0. The van der Waals surface area contributed by atoms with E-state index in [1.54, 1.807) is 0 Å². The van der Waals surface area contributed by atoms with E-state index in [1.807, 2.05) is 6.92 Å². The molecule has 0 saturated carbocycles. The van der Waals surface area contributed by atoms with Gasteiger partial charge in [-0.15, -0.1) is 0 Å². The molecule has 1 radical (unpaired) electrons. The van der Waals surface area contributed by atoms with E-state index in [1.165, 1.54) is 0 Å². The van der Waals surface area contributed by atoms with Gasteiger partial charge in [-0.3, -0.25) is 0 Å². The molecule has 0 aliphatic rings. The maximum absolute atomic E-state index is 5.35. The first-order valence-corrected chi connectivity index (χ1v) is 5.44. The molecule has 0 aromatic carbocycles. The fraction of sp³-hybridized carbons (Fsp3) is 0.909. The lowest BCUT2D eigenvalue weighted by atomic mass is 10.3. The summed E-state index contributed by atoms with van der Waals surface area (Å²) in [5.74, 6) is 0. The fourth-order valence-corrected chi connectivity index (χ4v) is 0.965. The standard InChI is InChI=1S/C11H23O3/c1-3-5-6-7-13-10-11-14-9-8-12-4-2/h1,3-11H2,2H3. The molecule has 3 nitrogen and oxygen atoms in total. The summed E-state index contributed by atoms with van der Waals surface area (Å²) in [5.41, 5.74) is 0. The normalized spacial score (nSPS) is 10.7. The molecule has 3 heteroatoms. The van der Waals surface area contributed by atoms with Gasteiger partial charge in [-0.25, -0.2) is 0 Å². The van der Waals surface area contributed by atoms with Crippen LogP contribution in [0.15, 0.2) is 0 Å². The highest BCUT2D eigenvalue weighted by molar-refractivity contribution is 4.41. The first-order valence-electron chi connectivity index (χ1n) is 5.44. The van der Waals surface area contributed by atoms with Crippen molar-refractivity contribution in [2.24, 2.45) is 0 Å². The molecule has 0 unspecified atom stereocenters. The monoisotopic (exact) mass is 203 g/mol. The van der Waals surface area contributed by atoms with Gasteiger partial charge in [0.25, 0.3) is 0 Å². The molecule has 0 atom stereocenters. The Morgan fingerprint density at radius 1 is 0.786 bits per heavy atom. The molecule has 0 aromatic rings. The molecule has 0 aromatic heterocycles. The second-order valence-electron chi connectivity index (χ2n) is 2.98. The molecule has 0 aliphatic heterocycles. The predicted molar refractivity (Wildman–Crippen MR) is 57.3 cm³/mol. The summed E-state index contributed by atoms with van der Waals surface area (Å²) >= 11 is 0. The third-order valence-corrected chi connectivity index (χ3v) is 1.74. The summed E-state index contributed by atoms with van der Waals surface area (Å²) < 4.78 is 15.7. The molecule has 85 valence electrons. The van der Waals surface area contributed by atoms with Crippen LogP contribution in [0.4, 0.5) is 0 Å². The van der Waals surface area contributed by atoms with E-state index < -0.39 is 0 Å². The van der Waals surface area contributed by atoms with E-state index in [0.717, 1.165) is 32.5 Å². The van der Waals surface area contributed by atoms with E-state index >= 15 is 0 Å². The molecule has 0 N–H and O–H groups in total. The molecule has 0 spiro atoms. The summed E-state index contributed by atoms with van der Waals surface area (Å²) in [7, 11) is 0. The van der Waals surface area contributed by atoms with Gasteiger partial charge in [0.15, 0.2) is 0 Å². The largest absolute Gasteiger partial charge is 0.379 e. The number of hydrogen-bond acceptors (Lipinski definition) is 3. The van der Waals surface area contributed by atoms with Crippen molar-refractivity contribution in [3.8, 4) is 0 Å². The van der Waals surface area contributed by atoms with Gasteiger partial charge in [-0.2, -0.15) is 0 Å². The summed E-state index contributed by atoms with van der Waals surface area (Å²) in [6.07, 6.45) is 3.24. The first-order chi connectivity index (χ1) is 6.91. The first kappa shape index (κ1) is 13.9. The molecular weight excluding hydrogens is 180 g/mol. The topological polar surface area (TPSA) is 27.7 Å². The highest BCUT2D eigenvalue weighted by Gasteiger charge is 1.90. The van der Waals surface area contributed by atoms with Crippen molar-refractivity contribution >= 4 is 0 Å². The maximum Gasteiger partial charge on any atom is 0.0701 e. The zero-order chi connectivity index (χ0) is 10.5. The van der Waals surface area contributed by atoms with Crippen molar-refractivity contribution in [1.29, 1.82) is 0 Å². The van der Waals surface area contributed by atoms with Gasteiger partial charge in [0, 0.05) is 13.2 Å². The van der Waals surface area contributed by atoms with Crippen LogP contribution in [0.25, 0.3) is 0 Å². The Hall–Kier alpha value is -0.120. The summed E-state index contributed by atoms with van der Waals surface area (Å²) in [6, 6.07) is 0. The Balaban J connectivity index is 2.78. The van der Waals surface area contributed by atoms with Gasteiger partial charge in [-0.1, -0.05) is 19.8 Å². The second-order valence-corrected chi connectivity index (χ2v) is 2.98. The van der Waals surface area contributed by atoms with Crippen molar-refractivity contribution in [2.45, 2.75) is 26.2 Å². The number of hydrogen-bond donors (Lipinski definition) is 0. The molecule has 0 rings (SSSR count). The number of unbranched alkanes of at least 4 members (excludes halogenated alkanes) is 2. The van der Waals surface area contributed by atoms with Crippen LogP contribution in [-0.4, -0.2) is 39.6 Å². The van der Waals surface area contributed by atoms with Crippen molar-refractivity contribution in [2.75, 3.05) is 39.6 Å². The summed E-state index contributed by atoms with van der Waals surface area (Å²) in [4.78, 5) is 0. The average Bonchev–Trinajstić information content (AvgIpc) is 2.21. The lowest BCUT2D eigenvalue weighted by Crippen LogP contribution is -2.09. The van der Waals surface area contributed by atoms with E-state index in [4.69, 9.17) is 14.2 Å². The van der Waals surface area contributed by atoms with Crippen LogP contribution in [0.3, 0.4) is 0 Å². The maximum atomic E-state index is 5.35. The molecule has 0 amide bonds. The van der Waals surface area contributed by atoms with Gasteiger partial charge in [-0.05, 0) is 13.3 Å². The number of ether oxygens (including phenoxy) is 3. The predicted octanol–water partition coefficient (Wildman–Crippen LogP) is 2.06. The molecular formula is C11H23O3. The molecule has 14 heavy (non-hydrogen) atoms. The zero-order valence-electron chi connectivity index (χ0n) is 9.30. The van der Waals surface area contributed by atoms with E-state index in [9.17, 15) is 0 Å². The fourth-order valence-electron chi connectivity index (χ4n) is 0.965. The Morgan fingerprint density at radius 3 is 1.93 bits per heavy atom. The van der Waals surface area contributed by atoms with Crippen LogP contribution in [0.1, 0.15) is 26.2 Å². The van der Waals surface area contributed by atoms with Crippen LogP contribution in [-0.2, 0) is 14.2 Å². The van der Waals surface area contributed by atoms with Gasteiger partial charge in [0.05, 0.1) is 26.4 Å². The number of rotatable bonds is 11. The molecule has 0 bridgehead atoms. The molecule has 0 aliphatic carbocycles. The molecule has 0 heterocycles. The Labute approximate surface area is 87.7 Å². The molecule has 0 fully saturated rings. The van der Waals surface area contributed by atoms with Crippen molar-refractivity contribution < 1.29 is 14.2 Å². The highest BCUT2D eigenvalue weighted by atomic mass is 16.5. The van der Waals surface area contributed by atoms with Crippen LogP contribution < -0.4 is 0 Å². The quantitative estimate of drug-likeness (QED) is 0.481. The van der Waals surface area contributed by atoms with Gasteiger partial charge >= 0.3 is 0 Å². The van der Waals surface area contributed by atoms with Gasteiger partial charge < -0.3 is 14.2 Å². The minimum Gasteiger partial charge on any atom is -0.379 e. The highest BCUT2D eigenvalue weighted by Crippen LogP contribution is 1.93. The Morgan fingerprint density at radius 2 is 1.36 bits per heavy atom. The smallest absolute Gasteiger partial charge is 0.0701 e. The van der Waals surface area contributed by atoms with Crippen molar-refractivity contribution in [3.05, 3.63) is 6.92 Å². The third-order valence-electron chi connectivity index (χ3n) is 1.74. The van der Waals surface area contributed by atoms with E-state index in [0.29, 0.717) is 26.4 Å². The Bertz CT molecular complexity index is 84.5. The summed E-state index contributed by atoms with van der Waals surface area (Å²) in [5, 5.41) is 0. The SMILES string of the molecule is [CH2]CCCCOCCOCCOCC. The average molecular weight is 203 g/mol. The zero-order valence-corrected chi connectivity index (χ0v) is 9.30. The van der Waals surface area contributed by atoms with Crippen LogP contribution in [0.5, 0.6) is 0 Å². The van der Waals surface area contributed by atoms with E-state index in [2.05, 4.69) is 6.92 Å². The lowest BCUT2D eigenvalue weighted by molar-refractivity contribution is 0.0163. The second kappa shape index (κ2) is 12.9. The van der Waals surface area contributed by atoms with Crippen LogP contribution in [0, 0.1) is 6.92 Å². The molecule has 0 saturated heterocycles. The Kier molecular flexibility index (Phi) is 12.8. The minimum atomic E-state index is 0.663. The third kappa shape index (κ3) is 11.9. The van der Waals surface area contributed by atoms with Gasteiger partial charge in [0.2, 0.25) is 0 Å². The minimum absolute atomic E-state index is 0.663. The van der Waals surface area contributed by atoms with E-state index in [-0.39, 0.29) is 0 Å².